The van der Waals surface area contributed by atoms with Crippen molar-refractivity contribution in [2.75, 3.05) is 12.4 Å². The number of carbonyl (C=O) groups is 2. The van der Waals surface area contributed by atoms with E-state index in [-0.39, 0.29) is 18.3 Å². The van der Waals surface area contributed by atoms with E-state index in [1.807, 2.05) is 36.4 Å². The van der Waals surface area contributed by atoms with Crippen molar-refractivity contribution in [1.29, 1.82) is 0 Å². The van der Waals surface area contributed by atoms with E-state index >= 15 is 0 Å². The fourth-order valence-corrected chi connectivity index (χ4v) is 2.78. The van der Waals surface area contributed by atoms with E-state index in [1.54, 1.807) is 18.2 Å². The van der Waals surface area contributed by atoms with E-state index in [9.17, 15) is 9.59 Å². The molecule has 124 valence electrons. The maximum Gasteiger partial charge on any atom is 0.283 e. The Kier molecular flexibility index (Phi) is 5.22. The number of para-hydroxylation sites is 2. The Hall–Kier alpha value is -2.67. The zero-order valence-electron chi connectivity index (χ0n) is 12.7. The molecule has 1 aliphatic heterocycles. The number of rotatable bonds is 4. The molecule has 24 heavy (non-hydrogen) atoms. The maximum atomic E-state index is 12.0. The summed E-state index contributed by atoms with van der Waals surface area (Å²) < 4.78 is 11.0. The SMILES string of the molecule is O=C(CSc1ccccc1)NNC(=O)[C@@H]1COc2ccccc2O1. The summed E-state index contributed by atoms with van der Waals surface area (Å²) in [6, 6.07) is 16.7. The van der Waals surface area contributed by atoms with Gasteiger partial charge >= 0.3 is 0 Å². The zero-order valence-corrected chi connectivity index (χ0v) is 13.5. The van der Waals surface area contributed by atoms with Crippen LogP contribution in [-0.4, -0.2) is 30.3 Å². The Bertz CT molecular complexity index is 724. The van der Waals surface area contributed by atoms with Gasteiger partial charge in [-0.05, 0) is 24.3 Å². The summed E-state index contributed by atoms with van der Waals surface area (Å²) in [5.74, 6) is 0.561. The lowest BCUT2D eigenvalue weighted by Crippen LogP contribution is -2.51. The Morgan fingerprint density at radius 3 is 2.50 bits per heavy atom. The summed E-state index contributed by atoms with van der Waals surface area (Å²) in [4.78, 5) is 24.8. The van der Waals surface area contributed by atoms with Crippen LogP contribution in [-0.2, 0) is 9.59 Å². The van der Waals surface area contributed by atoms with Crippen LogP contribution < -0.4 is 20.3 Å². The summed E-state index contributed by atoms with van der Waals surface area (Å²) in [5, 5.41) is 0. The van der Waals surface area contributed by atoms with E-state index in [0.29, 0.717) is 11.5 Å². The van der Waals surface area contributed by atoms with Crippen molar-refractivity contribution in [3.63, 3.8) is 0 Å². The average Bonchev–Trinajstić information content (AvgIpc) is 2.65. The molecule has 0 spiro atoms. The summed E-state index contributed by atoms with van der Waals surface area (Å²) in [6.07, 6.45) is -0.804. The van der Waals surface area contributed by atoms with Crippen LogP contribution in [0.2, 0.25) is 0 Å². The van der Waals surface area contributed by atoms with Gasteiger partial charge in [0.1, 0.15) is 6.61 Å². The monoisotopic (exact) mass is 344 g/mol. The smallest absolute Gasteiger partial charge is 0.283 e. The van der Waals surface area contributed by atoms with E-state index in [2.05, 4.69) is 10.9 Å². The minimum absolute atomic E-state index is 0.0947. The Morgan fingerprint density at radius 2 is 1.71 bits per heavy atom. The molecule has 0 bridgehead atoms. The van der Waals surface area contributed by atoms with Crippen LogP contribution in [0, 0.1) is 0 Å². The van der Waals surface area contributed by atoms with Crippen LogP contribution in [0.15, 0.2) is 59.5 Å². The first kappa shape index (κ1) is 16.2. The predicted octanol–water partition coefficient (Wildman–Crippen LogP) is 1.77. The molecule has 6 nitrogen and oxygen atoms in total. The number of hydrazine groups is 1. The number of ether oxygens (including phenoxy) is 2. The van der Waals surface area contributed by atoms with Gasteiger partial charge in [-0.3, -0.25) is 20.4 Å². The normalized spacial score (nSPS) is 15.4. The lowest BCUT2D eigenvalue weighted by molar-refractivity contribution is -0.134. The standard InChI is InChI=1S/C17H16N2O4S/c20-16(11-24-12-6-2-1-3-7-12)18-19-17(21)15-10-22-13-8-4-5-9-14(13)23-15/h1-9,15H,10-11H2,(H,18,20)(H,19,21)/t15-/m0/s1. The number of thioether (sulfide) groups is 1. The van der Waals surface area contributed by atoms with Crippen LogP contribution in [0.3, 0.4) is 0 Å². The first-order valence-electron chi connectivity index (χ1n) is 7.37. The third kappa shape index (κ3) is 4.20. The number of amides is 2. The summed E-state index contributed by atoms with van der Waals surface area (Å²) in [5.41, 5.74) is 4.74. The molecule has 2 aromatic rings. The fourth-order valence-electron chi connectivity index (χ4n) is 2.06. The number of fused-ring (bicyclic) bond motifs is 1. The second-order valence-electron chi connectivity index (χ2n) is 5.00. The van der Waals surface area contributed by atoms with Gasteiger partial charge in [0.15, 0.2) is 11.5 Å². The molecule has 3 rings (SSSR count). The molecule has 0 unspecified atom stereocenters. The van der Waals surface area contributed by atoms with Crippen LogP contribution in [0.25, 0.3) is 0 Å². The molecule has 7 heteroatoms. The van der Waals surface area contributed by atoms with E-state index in [1.165, 1.54) is 11.8 Å². The molecule has 2 N–H and O–H groups in total. The lowest BCUT2D eigenvalue weighted by atomic mass is 10.2. The molecule has 0 aliphatic carbocycles. The van der Waals surface area contributed by atoms with Crippen molar-refractivity contribution >= 4 is 23.6 Å². The topological polar surface area (TPSA) is 76.7 Å². The third-order valence-electron chi connectivity index (χ3n) is 3.24. The molecule has 2 aromatic carbocycles. The van der Waals surface area contributed by atoms with Crippen LogP contribution in [0.4, 0.5) is 0 Å². The third-order valence-corrected chi connectivity index (χ3v) is 4.25. The second-order valence-corrected chi connectivity index (χ2v) is 6.05. The second kappa shape index (κ2) is 7.74. The summed E-state index contributed by atoms with van der Waals surface area (Å²) in [7, 11) is 0. The quantitative estimate of drug-likeness (QED) is 0.653. The fraction of sp³-hybridized carbons (Fsp3) is 0.176. The van der Waals surface area contributed by atoms with Gasteiger partial charge in [0.2, 0.25) is 12.0 Å². The lowest BCUT2D eigenvalue weighted by Gasteiger charge is -2.25. The minimum Gasteiger partial charge on any atom is -0.485 e. The van der Waals surface area contributed by atoms with E-state index < -0.39 is 12.0 Å². The molecule has 0 aromatic heterocycles. The molecule has 1 heterocycles. The first-order chi connectivity index (χ1) is 11.7. The van der Waals surface area contributed by atoms with Gasteiger partial charge in [0.05, 0.1) is 5.75 Å². The van der Waals surface area contributed by atoms with E-state index in [4.69, 9.17) is 9.47 Å². The van der Waals surface area contributed by atoms with E-state index in [0.717, 1.165) is 4.90 Å². The van der Waals surface area contributed by atoms with Crippen LogP contribution >= 0.6 is 11.8 Å². The first-order valence-corrected chi connectivity index (χ1v) is 8.36. The molecule has 1 aliphatic rings. The van der Waals surface area contributed by atoms with Crippen molar-refractivity contribution in [2.24, 2.45) is 0 Å². The molecular weight excluding hydrogens is 328 g/mol. The van der Waals surface area contributed by atoms with Gasteiger partial charge in [0, 0.05) is 4.90 Å². The van der Waals surface area contributed by atoms with Crippen molar-refractivity contribution in [1.82, 2.24) is 10.9 Å². The molecule has 0 radical (unpaired) electrons. The van der Waals surface area contributed by atoms with Gasteiger partial charge in [0.25, 0.3) is 5.91 Å². The highest BCUT2D eigenvalue weighted by Crippen LogP contribution is 2.30. The Labute approximate surface area is 143 Å². The van der Waals surface area contributed by atoms with Crippen molar-refractivity contribution in [3.8, 4) is 11.5 Å². The van der Waals surface area contributed by atoms with Crippen LogP contribution in [0.5, 0.6) is 11.5 Å². The molecule has 0 saturated heterocycles. The van der Waals surface area contributed by atoms with Crippen molar-refractivity contribution in [2.45, 2.75) is 11.0 Å². The highest BCUT2D eigenvalue weighted by atomic mass is 32.2. The highest BCUT2D eigenvalue weighted by molar-refractivity contribution is 8.00. The van der Waals surface area contributed by atoms with Crippen molar-refractivity contribution in [3.05, 3.63) is 54.6 Å². The van der Waals surface area contributed by atoms with Gasteiger partial charge in [-0.2, -0.15) is 0 Å². The van der Waals surface area contributed by atoms with Gasteiger partial charge < -0.3 is 9.47 Å². The maximum absolute atomic E-state index is 12.0. The van der Waals surface area contributed by atoms with Crippen molar-refractivity contribution < 1.29 is 19.1 Å². The Balaban J connectivity index is 1.43. The number of hydrogen-bond donors (Lipinski definition) is 2. The summed E-state index contributed by atoms with van der Waals surface area (Å²) >= 11 is 1.39. The molecule has 0 saturated carbocycles. The Morgan fingerprint density at radius 1 is 1.00 bits per heavy atom. The zero-order chi connectivity index (χ0) is 16.8. The summed E-state index contributed by atoms with van der Waals surface area (Å²) in [6.45, 7) is 0.0947. The molecular formula is C17H16N2O4S. The minimum atomic E-state index is -0.804. The van der Waals surface area contributed by atoms with Gasteiger partial charge in [-0.25, -0.2) is 0 Å². The number of nitrogens with one attached hydrogen (secondary N) is 2. The largest absolute Gasteiger partial charge is 0.485 e. The van der Waals surface area contributed by atoms with Gasteiger partial charge in [-0.1, -0.05) is 30.3 Å². The number of carbonyl (C=O) groups excluding carboxylic acids is 2. The van der Waals surface area contributed by atoms with Crippen LogP contribution in [0.1, 0.15) is 0 Å². The predicted molar refractivity (Wildman–Crippen MR) is 89.8 cm³/mol. The molecule has 0 fully saturated rings. The molecule has 1 atom stereocenters. The number of benzene rings is 2. The number of hydrogen-bond acceptors (Lipinski definition) is 5. The average molecular weight is 344 g/mol. The van der Waals surface area contributed by atoms with Gasteiger partial charge in [-0.15, -0.1) is 11.8 Å². The molecule has 2 amide bonds. The highest BCUT2D eigenvalue weighted by Gasteiger charge is 2.27.